The minimum Gasteiger partial charge on any atom is -0.504 e. The molecule has 18 heavy (non-hydrogen) atoms. The van der Waals surface area contributed by atoms with Gasteiger partial charge in [-0.3, -0.25) is 0 Å². The van der Waals surface area contributed by atoms with E-state index in [9.17, 15) is 14.3 Å². The molecule has 0 unspecified atom stereocenters. The van der Waals surface area contributed by atoms with E-state index in [2.05, 4.69) is 4.99 Å². The summed E-state index contributed by atoms with van der Waals surface area (Å²) < 4.78 is 18.6. The van der Waals surface area contributed by atoms with Crippen molar-refractivity contribution in [1.82, 2.24) is 0 Å². The molecule has 0 atom stereocenters. The van der Waals surface area contributed by atoms with Gasteiger partial charge in [0.25, 0.3) is 0 Å². The standard InChI is InChI=1S/C13H14FNO3/c1-18-10-5-4-9(12(17)11(10)14)13(15-8-16)6-2-3-7-13/h4-5,17H,2-3,6-7H2,1H3. The number of hydrogen-bond donors (Lipinski definition) is 1. The minimum atomic E-state index is -0.834. The normalized spacial score (nSPS) is 17.2. The van der Waals surface area contributed by atoms with Crippen LogP contribution in [0.4, 0.5) is 4.39 Å². The molecule has 4 nitrogen and oxygen atoms in total. The van der Waals surface area contributed by atoms with Gasteiger partial charge in [0, 0.05) is 5.56 Å². The molecule has 2 rings (SSSR count). The van der Waals surface area contributed by atoms with E-state index < -0.39 is 17.1 Å². The van der Waals surface area contributed by atoms with E-state index in [0.717, 1.165) is 12.8 Å². The number of hydrogen-bond acceptors (Lipinski definition) is 4. The predicted octanol–water partition coefficient (Wildman–Crippen LogP) is 2.65. The van der Waals surface area contributed by atoms with Crippen LogP contribution in [-0.4, -0.2) is 18.3 Å². The summed E-state index contributed by atoms with van der Waals surface area (Å²) in [6, 6.07) is 2.99. The molecule has 0 amide bonds. The third-order valence-electron chi connectivity index (χ3n) is 3.49. The lowest BCUT2D eigenvalue weighted by Crippen LogP contribution is -2.19. The smallest absolute Gasteiger partial charge is 0.235 e. The number of ether oxygens (including phenoxy) is 1. The van der Waals surface area contributed by atoms with E-state index in [4.69, 9.17) is 4.74 Å². The number of phenolic OH excluding ortho intramolecular Hbond substituents is 1. The zero-order valence-corrected chi connectivity index (χ0v) is 10.1. The SMILES string of the molecule is COc1ccc(C2(N=C=O)CCCC2)c(O)c1F. The number of methoxy groups -OCH3 is 1. The second kappa shape index (κ2) is 4.78. The fraction of sp³-hybridized carbons (Fsp3) is 0.462. The molecule has 1 saturated carbocycles. The van der Waals surface area contributed by atoms with Crippen molar-refractivity contribution in [2.75, 3.05) is 7.11 Å². The van der Waals surface area contributed by atoms with E-state index in [1.54, 1.807) is 6.07 Å². The van der Waals surface area contributed by atoms with E-state index in [-0.39, 0.29) is 5.75 Å². The highest BCUT2D eigenvalue weighted by atomic mass is 19.1. The topological polar surface area (TPSA) is 58.9 Å². The first kappa shape index (κ1) is 12.6. The number of isocyanates is 1. The van der Waals surface area contributed by atoms with Crippen LogP contribution >= 0.6 is 0 Å². The minimum absolute atomic E-state index is 0.0283. The Hall–Kier alpha value is -1.87. The summed E-state index contributed by atoms with van der Waals surface area (Å²) in [7, 11) is 1.33. The van der Waals surface area contributed by atoms with Gasteiger partial charge < -0.3 is 9.84 Å². The van der Waals surface area contributed by atoms with Gasteiger partial charge in [-0.15, -0.1) is 0 Å². The molecular weight excluding hydrogens is 237 g/mol. The van der Waals surface area contributed by atoms with Gasteiger partial charge in [0.1, 0.15) is 5.54 Å². The third-order valence-corrected chi connectivity index (χ3v) is 3.49. The van der Waals surface area contributed by atoms with Crippen molar-refractivity contribution in [1.29, 1.82) is 0 Å². The molecule has 0 saturated heterocycles. The lowest BCUT2D eigenvalue weighted by molar-refractivity contribution is 0.349. The van der Waals surface area contributed by atoms with Crippen molar-refractivity contribution >= 4 is 6.08 Å². The van der Waals surface area contributed by atoms with Gasteiger partial charge in [-0.05, 0) is 25.0 Å². The second-order valence-corrected chi connectivity index (χ2v) is 4.42. The molecular formula is C13H14FNO3. The average Bonchev–Trinajstić information content (AvgIpc) is 2.82. The number of rotatable bonds is 3. The molecule has 0 heterocycles. The van der Waals surface area contributed by atoms with E-state index >= 15 is 0 Å². The molecule has 0 bridgehead atoms. The highest BCUT2D eigenvalue weighted by Gasteiger charge is 2.39. The molecule has 0 aromatic heterocycles. The van der Waals surface area contributed by atoms with Crippen LogP contribution in [0.15, 0.2) is 17.1 Å². The van der Waals surface area contributed by atoms with Crippen molar-refractivity contribution in [3.8, 4) is 11.5 Å². The van der Waals surface area contributed by atoms with Crippen molar-refractivity contribution in [3.63, 3.8) is 0 Å². The number of phenols is 1. The van der Waals surface area contributed by atoms with Crippen molar-refractivity contribution < 1.29 is 19.0 Å². The summed E-state index contributed by atoms with van der Waals surface area (Å²) in [4.78, 5) is 14.4. The van der Waals surface area contributed by atoms with Crippen molar-refractivity contribution in [2.45, 2.75) is 31.2 Å². The summed E-state index contributed by atoms with van der Waals surface area (Å²) >= 11 is 0. The van der Waals surface area contributed by atoms with Crippen LogP contribution in [-0.2, 0) is 10.3 Å². The maximum atomic E-state index is 13.8. The number of benzene rings is 1. The molecule has 1 fully saturated rings. The molecule has 0 radical (unpaired) electrons. The Labute approximate surface area is 104 Å². The number of aromatic hydroxyl groups is 1. The average molecular weight is 251 g/mol. The summed E-state index contributed by atoms with van der Waals surface area (Å²) in [5.74, 6) is -1.34. The molecule has 0 aliphatic heterocycles. The van der Waals surface area contributed by atoms with Crippen LogP contribution in [0.2, 0.25) is 0 Å². The van der Waals surface area contributed by atoms with Crippen LogP contribution in [0.5, 0.6) is 11.5 Å². The summed E-state index contributed by atoms with van der Waals surface area (Å²) in [6.07, 6.45) is 4.53. The van der Waals surface area contributed by atoms with Crippen LogP contribution in [0.3, 0.4) is 0 Å². The van der Waals surface area contributed by atoms with E-state index in [1.807, 2.05) is 0 Å². The first-order valence-electron chi connectivity index (χ1n) is 5.79. The Bertz CT molecular complexity index is 503. The fourth-order valence-corrected chi connectivity index (χ4v) is 2.57. The number of carbonyl (C=O) groups excluding carboxylic acids is 1. The number of nitrogens with zero attached hydrogens (tertiary/aromatic N) is 1. The van der Waals surface area contributed by atoms with Crippen molar-refractivity contribution in [3.05, 3.63) is 23.5 Å². The Morgan fingerprint density at radius 2 is 2.11 bits per heavy atom. The molecule has 0 spiro atoms. The lowest BCUT2D eigenvalue weighted by atomic mass is 9.88. The van der Waals surface area contributed by atoms with Gasteiger partial charge in [0.2, 0.25) is 11.9 Å². The first-order chi connectivity index (χ1) is 8.64. The molecule has 5 heteroatoms. The van der Waals surface area contributed by atoms with Gasteiger partial charge in [-0.1, -0.05) is 12.8 Å². The van der Waals surface area contributed by atoms with Gasteiger partial charge in [0.15, 0.2) is 11.5 Å². The Morgan fingerprint density at radius 3 is 2.67 bits per heavy atom. The third kappa shape index (κ3) is 1.87. The zero-order valence-electron chi connectivity index (χ0n) is 10.1. The largest absolute Gasteiger partial charge is 0.504 e. The molecule has 1 aromatic carbocycles. The molecule has 1 aromatic rings. The van der Waals surface area contributed by atoms with Crippen LogP contribution in [0, 0.1) is 5.82 Å². The Kier molecular flexibility index (Phi) is 3.34. The van der Waals surface area contributed by atoms with Gasteiger partial charge >= 0.3 is 0 Å². The Morgan fingerprint density at radius 1 is 1.44 bits per heavy atom. The highest BCUT2D eigenvalue weighted by Crippen LogP contribution is 2.47. The van der Waals surface area contributed by atoms with E-state index in [1.165, 1.54) is 19.3 Å². The summed E-state index contributed by atoms with van der Waals surface area (Å²) in [5, 5.41) is 9.92. The lowest BCUT2D eigenvalue weighted by Gasteiger charge is -2.24. The maximum Gasteiger partial charge on any atom is 0.235 e. The quantitative estimate of drug-likeness (QED) is 0.663. The molecule has 1 N–H and O–H groups in total. The molecule has 1 aliphatic rings. The maximum absolute atomic E-state index is 13.8. The Balaban J connectivity index is 2.56. The zero-order chi connectivity index (χ0) is 13.2. The van der Waals surface area contributed by atoms with Gasteiger partial charge in [-0.2, -0.15) is 9.38 Å². The van der Waals surface area contributed by atoms with Crippen LogP contribution < -0.4 is 4.74 Å². The van der Waals surface area contributed by atoms with Crippen molar-refractivity contribution in [2.24, 2.45) is 4.99 Å². The van der Waals surface area contributed by atoms with Crippen LogP contribution in [0.25, 0.3) is 0 Å². The molecule has 1 aliphatic carbocycles. The summed E-state index contributed by atoms with van der Waals surface area (Å²) in [5.41, 5.74) is -0.500. The van der Waals surface area contributed by atoms with E-state index in [0.29, 0.717) is 18.4 Å². The van der Waals surface area contributed by atoms with Gasteiger partial charge in [-0.25, -0.2) is 4.79 Å². The predicted molar refractivity (Wildman–Crippen MR) is 62.9 cm³/mol. The highest BCUT2D eigenvalue weighted by molar-refractivity contribution is 5.48. The molecule has 96 valence electrons. The number of aliphatic imine (C=N–C) groups is 1. The monoisotopic (exact) mass is 251 g/mol. The fourth-order valence-electron chi connectivity index (χ4n) is 2.57. The summed E-state index contributed by atoms with van der Waals surface area (Å²) in [6.45, 7) is 0. The van der Waals surface area contributed by atoms with Gasteiger partial charge in [0.05, 0.1) is 7.11 Å². The second-order valence-electron chi connectivity index (χ2n) is 4.42. The number of halogens is 1. The first-order valence-corrected chi connectivity index (χ1v) is 5.79. The van der Waals surface area contributed by atoms with Crippen LogP contribution in [0.1, 0.15) is 31.2 Å².